The number of allylic oxidation sites excluding steroid dienone is 1. The fourth-order valence-corrected chi connectivity index (χ4v) is 4.79. The van der Waals surface area contributed by atoms with Crippen LogP contribution in [0.1, 0.15) is 50.9 Å². The summed E-state index contributed by atoms with van der Waals surface area (Å²) in [4.78, 5) is 40.3. The number of hydrogen-bond donors (Lipinski definition) is 1. The molecule has 1 N–H and O–H groups in total. The number of nitrogens with zero attached hydrogens (tertiary/aromatic N) is 1. The summed E-state index contributed by atoms with van der Waals surface area (Å²) in [5.74, 6) is -3.59. The minimum absolute atomic E-state index is 0.0174. The molecule has 0 unspecified atom stereocenters. The number of benzene rings is 1. The fraction of sp³-hybridized carbons (Fsp3) is 0.500. The van der Waals surface area contributed by atoms with E-state index in [0.29, 0.717) is 0 Å². The molecule has 1 aliphatic carbocycles. The predicted molar refractivity (Wildman–Crippen MR) is 114 cm³/mol. The monoisotopic (exact) mass is 490 g/mol. The number of alkyl halides is 3. The number of halogens is 5. The maximum Gasteiger partial charge on any atom is 0.425 e. The number of rotatable bonds is 4. The molecule has 0 bridgehead atoms. The van der Waals surface area contributed by atoms with Crippen LogP contribution >= 0.6 is 23.2 Å². The first-order chi connectivity index (χ1) is 14.6. The van der Waals surface area contributed by atoms with Crippen LogP contribution in [-0.4, -0.2) is 40.8 Å². The molecule has 0 radical (unpaired) electrons. The number of hydrogen-bond acceptors (Lipinski definition) is 3. The van der Waals surface area contributed by atoms with Gasteiger partial charge in [-0.15, -0.1) is 0 Å². The van der Waals surface area contributed by atoms with Crippen molar-refractivity contribution in [3.63, 3.8) is 0 Å². The van der Waals surface area contributed by atoms with Gasteiger partial charge in [-0.2, -0.15) is 13.2 Å². The van der Waals surface area contributed by atoms with Crippen molar-refractivity contribution in [2.24, 2.45) is 11.3 Å². The first kappa shape index (κ1) is 24.6. The highest BCUT2D eigenvalue weighted by Gasteiger charge is 2.71. The molecule has 0 fully saturated rings. The Balaban J connectivity index is 2.21. The smallest absolute Gasteiger partial charge is 0.326 e. The third kappa shape index (κ3) is 4.03. The third-order valence-corrected chi connectivity index (χ3v) is 6.12. The van der Waals surface area contributed by atoms with Gasteiger partial charge in [0.1, 0.15) is 0 Å². The first-order valence-electron chi connectivity index (χ1n) is 10.0. The highest BCUT2D eigenvalue weighted by atomic mass is 35.5. The van der Waals surface area contributed by atoms with E-state index in [2.05, 4.69) is 0 Å². The molecule has 1 aromatic rings. The fourth-order valence-electron chi connectivity index (χ4n) is 4.30. The van der Waals surface area contributed by atoms with Crippen molar-refractivity contribution in [1.82, 2.24) is 10.2 Å². The lowest BCUT2D eigenvalue weighted by molar-refractivity contribution is -0.190. The zero-order chi connectivity index (χ0) is 24.2. The molecule has 2 aliphatic rings. The summed E-state index contributed by atoms with van der Waals surface area (Å²) in [5.41, 5.74) is -5.08. The summed E-state index contributed by atoms with van der Waals surface area (Å²) in [7, 11) is 0. The second-order valence-corrected chi connectivity index (χ2v) is 10.2. The van der Waals surface area contributed by atoms with Gasteiger partial charge >= 0.3 is 6.18 Å². The summed E-state index contributed by atoms with van der Waals surface area (Å²) in [5, 5.41) is 1.87. The lowest BCUT2D eigenvalue weighted by atomic mass is 9.72. The highest BCUT2D eigenvalue weighted by Crippen LogP contribution is 2.52. The number of nitrogens with one attached hydrogen (secondary N) is 1. The van der Waals surface area contributed by atoms with Crippen LogP contribution in [0.2, 0.25) is 10.0 Å². The van der Waals surface area contributed by atoms with Crippen LogP contribution in [-0.2, 0) is 9.59 Å². The Morgan fingerprint density at radius 1 is 1.19 bits per heavy atom. The Kier molecular flexibility index (Phi) is 6.19. The van der Waals surface area contributed by atoms with Crippen LogP contribution in [0.5, 0.6) is 0 Å². The van der Waals surface area contributed by atoms with Crippen LogP contribution < -0.4 is 5.32 Å². The lowest BCUT2D eigenvalue weighted by Gasteiger charge is -2.35. The molecule has 1 aromatic carbocycles. The molecule has 3 rings (SSSR count). The molecule has 1 aliphatic heterocycles. The van der Waals surface area contributed by atoms with Gasteiger partial charge in [-0.05, 0) is 36.0 Å². The van der Waals surface area contributed by atoms with Crippen molar-refractivity contribution in [1.29, 1.82) is 0 Å². The summed E-state index contributed by atoms with van der Waals surface area (Å²) in [6.45, 7) is 7.00. The standard InChI is InChI=1S/C22H23Cl2F3N2O3/c1-11(2)10-29-15-8-20(3,4)9-16(30)17(15)21(19(29)32,22(25,26)27)28-18(31)13-6-5-12(23)7-14(13)24/h5-7,11H,8-10H2,1-4H3,(H,28,31)/t21-/m1/s1. The first-order valence-corrected chi connectivity index (χ1v) is 10.8. The molecule has 1 heterocycles. The largest absolute Gasteiger partial charge is 0.425 e. The van der Waals surface area contributed by atoms with E-state index < -0.39 is 40.3 Å². The Hall–Kier alpha value is -2.06. The Morgan fingerprint density at radius 3 is 2.34 bits per heavy atom. The lowest BCUT2D eigenvalue weighted by Crippen LogP contribution is -2.66. The van der Waals surface area contributed by atoms with Gasteiger partial charge in [0.2, 0.25) is 5.54 Å². The van der Waals surface area contributed by atoms with Gasteiger partial charge in [-0.1, -0.05) is 50.9 Å². The second kappa shape index (κ2) is 8.06. The van der Waals surface area contributed by atoms with Crippen molar-refractivity contribution >= 4 is 40.8 Å². The normalized spacial score (nSPS) is 23.1. The maximum atomic E-state index is 14.7. The third-order valence-electron chi connectivity index (χ3n) is 5.57. The minimum Gasteiger partial charge on any atom is -0.326 e. The molecule has 10 heteroatoms. The summed E-state index contributed by atoms with van der Waals surface area (Å²) >= 11 is 11.8. The molecular formula is C22H23Cl2F3N2O3. The molecule has 1 atom stereocenters. The van der Waals surface area contributed by atoms with Crippen molar-refractivity contribution in [2.45, 2.75) is 52.3 Å². The van der Waals surface area contributed by atoms with Crippen LogP contribution in [0.4, 0.5) is 13.2 Å². The van der Waals surface area contributed by atoms with E-state index in [4.69, 9.17) is 23.2 Å². The molecule has 2 amide bonds. The van der Waals surface area contributed by atoms with E-state index in [1.54, 1.807) is 27.7 Å². The molecular weight excluding hydrogens is 468 g/mol. The Morgan fingerprint density at radius 2 is 1.81 bits per heavy atom. The summed E-state index contributed by atoms with van der Waals surface area (Å²) in [6.07, 6.45) is -5.34. The zero-order valence-electron chi connectivity index (χ0n) is 18.0. The predicted octanol–water partition coefficient (Wildman–Crippen LogP) is 5.17. The quantitative estimate of drug-likeness (QED) is 0.633. The van der Waals surface area contributed by atoms with E-state index >= 15 is 0 Å². The van der Waals surface area contributed by atoms with Crippen molar-refractivity contribution < 1.29 is 27.6 Å². The average molecular weight is 491 g/mol. The Bertz CT molecular complexity index is 1030. The zero-order valence-corrected chi connectivity index (χ0v) is 19.5. The molecule has 0 spiro atoms. The van der Waals surface area contributed by atoms with Gasteiger partial charge in [-0.25, -0.2) is 0 Å². The molecule has 0 aromatic heterocycles. The highest BCUT2D eigenvalue weighted by molar-refractivity contribution is 6.36. The van der Waals surface area contributed by atoms with E-state index in [1.807, 2.05) is 5.32 Å². The van der Waals surface area contributed by atoms with Gasteiger partial charge in [0.25, 0.3) is 11.8 Å². The van der Waals surface area contributed by atoms with E-state index in [-0.39, 0.29) is 46.6 Å². The number of ketones is 1. The second-order valence-electron chi connectivity index (χ2n) is 9.40. The van der Waals surface area contributed by atoms with E-state index in [1.165, 1.54) is 12.1 Å². The molecule has 0 saturated heterocycles. The van der Waals surface area contributed by atoms with Gasteiger partial charge in [0, 0.05) is 23.7 Å². The van der Waals surface area contributed by atoms with Crippen LogP contribution in [0.15, 0.2) is 29.5 Å². The summed E-state index contributed by atoms with van der Waals surface area (Å²) < 4.78 is 44.0. The topological polar surface area (TPSA) is 66.5 Å². The molecule has 174 valence electrons. The van der Waals surface area contributed by atoms with Gasteiger partial charge < -0.3 is 10.2 Å². The van der Waals surface area contributed by atoms with E-state index in [9.17, 15) is 27.6 Å². The Labute approximate surface area is 193 Å². The van der Waals surface area contributed by atoms with Crippen molar-refractivity contribution in [3.05, 3.63) is 45.1 Å². The maximum absolute atomic E-state index is 14.7. The number of Topliss-reactive ketones (excluding diaryl/α,β-unsaturated/α-hetero) is 1. The van der Waals surface area contributed by atoms with Gasteiger partial charge in [0.05, 0.1) is 16.2 Å². The minimum atomic E-state index is -5.26. The van der Waals surface area contributed by atoms with E-state index in [0.717, 1.165) is 11.0 Å². The molecule has 0 saturated carbocycles. The number of amides is 2. The van der Waals surface area contributed by atoms with Gasteiger partial charge in [0.15, 0.2) is 5.78 Å². The number of carbonyl (C=O) groups excluding carboxylic acids is 3. The molecule has 32 heavy (non-hydrogen) atoms. The van der Waals surface area contributed by atoms with Crippen LogP contribution in [0, 0.1) is 11.3 Å². The number of carbonyl (C=O) groups is 3. The van der Waals surface area contributed by atoms with Crippen molar-refractivity contribution in [3.8, 4) is 0 Å². The average Bonchev–Trinajstić information content (AvgIpc) is 2.83. The van der Waals surface area contributed by atoms with Crippen LogP contribution in [0.3, 0.4) is 0 Å². The SMILES string of the molecule is CC(C)CN1C(=O)[C@@](NC(=O)c2ccc(Cl)cc2Cl)(C(F)(F)F)C2=C1CC(C)(C)CC2=O. The molecule has 5 nitrogen and oxygen atoms in total. The van der Waals surface area contributed by atoms with Gasteiger partial charge in [-0.3, -0.25) is 14.4 Å². The van der Waals surface area contributed by atoms with Crippen molar-refractivity contribution in [2.75, 3.05) is 6.54 Å². The van der Waals surface area contributed by atoms with Crippen LogP contribution in [0.25, 0.3) is 0 Å². The summed E-state index contributed by atoms with van der Waals surface area (Å²) in [6, 6.07) is 3.67.